The predicted octanol–water partition coefficient (Wildman–Crippen LogP) is -1.96. The standard InChI is InChI=1S/C6H14O2.2C2H4O2.Cu/c7-5-3-1-2-4-6-8;2*1-2(3)4;/h7-8H,1-6H2;2*1H3,(H,3,4);/q;;;+2/p-2. The fourth-order valence-electron chi connectivity index (χ4n) is 0.577. The third-order valence-corrected chi connectivity index (χ3v) is 1.07. The van der Waals surface area contributed by atoms with Crippen LogP contribution in [0.15, 0.2) is 0 Å². The van der Waals surface area contributed by atoms with Gasteiger partial charge in [-0.1, -0.05) is 12.8 Å². The number of aliphatic hydroxyl groups excluding tert-OH is 2. The van der Waals surface area contributed by atoms with E-state index in [4.69, 9.17) is 30.0 Å². The third kappa shape index (κ3) is 144. The Kier molecular flexibility index (Phi) is 36.5. The Hall–Kier alpha value is -0.621. The van der Waals surface area contributed by atoms with E-state index in [0.29, 0.717) is 0 Å². The molecule has 1 radical (unpaired) electrons. The quantitative estimate of drug-likeness (QED) is 0.449. The summed E-state index contributed by atoms with van der Waals surface area (Å²) in [5.74, 6) is -2.17. The molecule has 0 aromatic rings. The summed E-state index contributed by atoms with van der Waals surface area (Å²) in [6.45, 7) is 2.51. The number of hydrogen-bond donors (Lipinski definition) is 2. The molecule has 0 rings (SSSR count). The van der Waals surface area contributed by atoms with Crippen LogP contribution in [0.5, 0.6) is 0 Å². The van der Waals surface area contributed by atoms with Crippen LogP contribution in [0.3, 0.4) is 0 Å². The molecule has 17 heavy (non-hydrogen) atoms. The Morgan fingerprint density at radius 3 is 1.12 bits per heavy atom. The molecule has 0 aromatic carbocycles. The van der Waals surface area contributed by atoms with Crippen LogP contribution >= 0.6 is 0 Å². The molecule has 0 bridgehead atoms. The van der Waals surface area contributed by atoms with Gasteiger partial charge in [-0.2, -0.15) is 0 Å². The van der Waals surface area contributed by atoms with Gasteiger partial charge in [0.15, 0.2) is 0 Å². The molecule has 0 aliphatic rings. The summed E-state index contributed by atoms with van der Waals surface area (Å²) < 4.78 is 0. The van der Waals surface area contributed by atoms with Gasteiger partial charge in [0, 0.05) is 25.2 Å². The first-order valence-corrected chi connectivity index (χ1v) is 4.95. The van der Waals surface area contributed by atoms with Crippen LogP contribution in [-0.4, -0.2) is 35.4 Å². The zero-order chi connectivity index (χ0) is 13.4. The molecular weight excluding hydrogens is 280 g/mol. The molecule has 0 saturated heterocycles. The Morgan fingerprint density at radius 1 is 0.824 bits per heavy atom. The van der Waals surface area contributed by atoms with Crippen molar-refractivity contribution in [3.8, 4) is 0 Å². The van der Waals surface area contributed by atoms with E-state index in [-0.39, 0.29) is 30.3 Å². The molecule has 0 aliphatic carbocycles. The van der Waals surface area contributed by atoms with Gasteiger partial charge in [-0.25, -0.2) is 0 Å². The number of aliphatic hydroxyl groups is 2. The fraction of sp³-hybridized carbons (Fsp3) is 0.800. The van der Waals surface area contributed by atoms with Gasteiger partial charge in [-0.3, -0.25) is 0 Å². The first-order valence-electron chi connectivity index (χ1n) is 4.95. The molecule has 0 atom stereocenters. The summed E-state index contributed by atoms with van der Waals surface area (Å²) in [7, 11) is 0. The van der Waals surface area contributed by atoms with Crippen LogP contribution in [-0.2, 0) is 26.7 Å². The van der Waals surface area contributed by atoms with Crippen molar-refractivity contribution < 1.29 is 47.1 Å². The van der Waals surface area contributed by atoms with E-state index in [1.54, 1.807) is 0 Å². The van der Waals surface area contributed by atoms with Crippen molar-refractivity contribution in [2.75, 3.05) is 13.2 Å². The minimum Gasteiger partial charge on any atom is -0.550 e. The van der Waals surface area contributed by atoms with E-state index in [1.165, 1.54) is 0 Å². The maximum atomic E-state index is 8.89. The second-order valence-electron chi connectivity index (χ2n) is 2.84. The van der Waals surface area contributed by atoms with Crippen molar-refractivity contribution in [2.24, 2.45) is 0 Å². The third-order valence-electron chi connectivity index (χ3n) is 1.07. The van der Waals surface area contributed by atoms with E-state index in [9.17, 15) is 0 Å². The Labute approximate surface area is 112 Å². The number of carboxylic acids is 2. The van der Waals surface area contributed by atoms with Crippen molar-refractivity contribution in [3.05, 3.63) is 0 Å². The number of unbranched alkanes of at least 4 members (excludes halogenated alkanes) is 3. The predicted molar refractivity (Wildman–Crippen MR) is 54.0 cm³/mol. The molecule has 0 heterocycles. The van der Waals surface area contributed by atoms with E-state index in [2.05, 4.69) is 0 Å². The first-order chi connectivity index (χ1) is 7.38. The zero-order valence-electron chi connectivity index (χ0n) is 10.1. The summed E-state index contributed by atoms with van der Waals surface area (Å²) in [6, 6.07) is 0. The molecule has 107 valence electrons. The maximum Gasteiger partial charge on any atom is 2.00 e. The molecule has 0 aromatic heterocycles. The number of carbonyl (C=O) groups excluding carboxylic acids is 2. The van der Waals surface area contributed by atoms with Crippen molar-refractivity contribution in [2.45, 2.75) is 39.5 Å². The van der Waals surface area contributed by atoms with Crippen LogP contribution in [0, 0.1) is 0 Å². The van der Waals surface area contributed by atoms with E-state index in [1.807, 2.05) is 0 Å². The number of hydrogen-bond acceptors (Lipinski definition) is 6. The number of aliphatic carboxylic acids is 2. The molecule has 7 heteroatoms. The monoisotopic (exact) mass is 299 g/mol. The summed E-state index contributed by atoms with van der Waals surface area (Å²) in [6.07, 6.45) is 3.83. The maximum absolute atomic E-state index is 8.89. The number of carboxylic acid groups (broad SMARTS) is 2. The fourth-order valence-corrected chi connectivity index (χ4v) is 0.577. The van der Waals surface area contributed by atoms with E-state index >= 15 is 0 Å². The van der Waals surface area contributed by atoms with Gasteiger partial charge in [-0.05, 0) is 26.7 Å². The Morgan fingerprint density at radius 2 is 1.00 bits per heavy atom. The van der Waals surface area contributed by atoms with Crippen molar-refractivity contribution in [1.82, 2.24) is 0 Å². The van der Waals surface area contributed by atoms with Gasteiger partial charge in [0.25, 0.3) is 0 Å². The minimum atomic E-state index is -1.08. The molecular formula is C10H20CuO6. The number of rotatable bonds is 5. The van der Waals surface area contributed by atoms with Crippen LogP contribution < -0.4 is 10.2 Å². The summed E-state index contributed by atoms with van der Waals surface area (Å²) in [5, 5.41) is 34.4. The number of carbonyl (C=O) groups is 2. The zero-order valence-corrected chi connectivity index (χ0v) is 11.0. The molecule has 0 fully saturated rings. The second kappa shape index (κ2) is 24.6. The summed E-state index contributed by atoms with van der Waals surface area (Å²) >= 11 is 0. The smallest absolute Gasteiger partial charge is 0.550 e. The minimum absolute atomic E-state index is 0. The first kappa shape index (κ1) is 25.3. The topological polar surface area (TPSA) is 121 Å². The van der Waals surface area contributed by atoms with Gasteiger partial charge in [0.05, 0.1) is 0 Å². The van der Waals surface area contributed by atoms with Crippen LogP contribution in [0.25, 0.3) is 0 Å². The normalized spacial score (nSPS) is 7.53. The Balaban J connectivity index is -0.0000000806. The summed E-state index contributed by atoms with van der Waals surface area (Å²) in [5.41, 5.74) is 0. The van der Waals surface area contributed by atoms with Crippen LogP contribution in [0.1, 0.15) is 39.5 Å². The van der Waals surface area contributed by atoms with E-state index < -0.39 is 11.9 Å². The Bertz CT molecular complexity index is 137. The van der Waals surface area contributed by atoms with Crippen molar-refractivity contribution >= 4 is 11.9 Å². The van der Waals surface area contributed by atoms with Gasteiger partial charge >= 0.3 is 17.1 Å². The largest absolute Gasteiger partial charge is 2.00 e. The van der Waals surface area contributed by atoms with Crippen molar-refractivity contribution in [1.29, 1.82) is 0 Å². The molecule has 0 amide bonds. The van der Waals surface area contributed by atoms with Crippen LogP contribution in [0.4, 0.5) is 0 Å². The van der Waals surface area contributed by atoms with Gasteiger partial charge in [-0.15, -0.1) is 0 Å². The van der Waals surface area contributed by atoms with Gasteiger partial charge < -0.3 is 30.0 Å². The summed E-state index contributed by atoms with van der Waals surface area (Å²) in [4.78, 5) is 17.8. The molecule has 2 N–H and O–H groups in total. The molecule has 0 unspecified atom stereocenters. The molecule has 0 spiro atoms. The van der Waals surface area contributed by atoms with E-state index in [0.717, 1.165) is 39.5 Å². The SMILES string of the molecule is CC(=O)[O-].CC(=O)[O-].OCCCCCCO.[Cu+2]. The second-order valence-corrected chi connectivity index (χ2v) is 2.84. The average Bonchev–Trinajstić information content (AvgIpc) is 2.11. The molecule has 6 nitrogen and oxygen atoms in total. The average molecular weight is 300 g/mol. The molecule has 0 saturated carbocycles. The molecule has 0 aliphatic heterocycles. The van der Waals surface area contributed by atoms with Crippen molar-refractivity contribution in [3.63, 3.8) is 0 Å². The van der Waals surface area contributed by atoms with Crippen LogP contribution in [0.2, 0.25) is 0 Å². The van der Waals surface area contributed by atoms with Gasteiger partial charge in [0.1, 0.15) is 0 Å². The van der Waals surface area contributed by atoms with Gasteiger partial charge in [0.2, 0.25) is 0 Å².